The van der Waals surface area contributed by atoms with Gasteiger partial charge < -0.3 is 4.90 Å². The van der Waals surface area contributed by atoms with Gasteiger partial charge in [-0.05, 0) is 19.8 Å². The summed E-state index contributed by atoms with van der Waals surface area (Å²) >= 11 is 0. The summed E-state index contributed by atoms with van der Waals surface area (Å²) in [6.45, 7) is 6.24. The lowest BCUT2D eigenvalue weighted by molar-refractivity contribution is 0.255. The molecule has 1 unspecified atom stereocenters. The maximum Gasteiger partial charge on any atom is 0.154 e. The Hall–Kier alpha value is -1.21. The Morgan fingerprint density at radius 2 is 2.00 bits per heavy atom. The summed E-state index contributed by atoms with van der Waals surface area (Å²) in [5.74, 6) is 1.34. The Balaban J connectivity index is 1.56. The first kappa shape index (κ1) is 14.7. The second kappa shape index (κ2) is 5.88. The van der Waals surface area contributed by atoms with E-state index < -0.39 is 9.84 Å². The summed E-state index contributed by atoms with van der Waals surface area (Å²) in [5, 5.41) is -0.148. The van der Waals surface area contributed by atoms with E-state index in [-0.39, 0.29) is 5.25 Å². The molecule has 0 amide bonds. The molecule has 3 heterocycles. The summed E-state index contributed by atoms with van der Waals surface area (Å²) in [4.78, 5) is 13.0. The minimum atomic E-state index is -2.83. The zero-order valence-electron chi connectivity index (χ0n) is 12.4. The molecule has 1 aromatic rings. The van der Waals surface area contributed by atoms with Crippen LogP contribution in [0.25, 0.3) is 0 Å². The minimum absolute atomic E-state index is 0.148. The van der Waals surface area contributed by atoms with Gasteiger partial charge in [0.05, 0.1) is 11.0 Å². The summed E-state index contributed by atoms with van der Waals surface area (Å²) in [6, 6.07) is 2.00. The number of anilines is 1. The van der Waals surface area contributed by atoms with Gasteiger partial charge in [-0.1, -0.05) is 0 Å². The van der Waals surface area contributed by atoms with Crippen molar-refractivity contribution in [2.24, 2.45) is 0 Å². The SMILES string of the molecule is Cc1cc(N2CCN(CC3CCCS3(=O)=O)CC2)ncn1. The van der Waals surface area contributed by atoms with Gasteiger partial charge in [0.15, 0.2) is 9.84 Å². The molecular weight excluding hydrogens is 288 g/mol. The largest absolute Gasteiger partial charge is 0.354 e. The Kier molecular flexibility index (Phi) is 4.12. The van der Waals surface area contributed by atoms with Crippen molar-refractivity contribution in [2.75, 3.05) is 43.4 Å². The van der Waals surface area contributed by atoms with E-state index in [9.17, 15) is 8.42 Å². The maximum atomic E-state index is 11.9. The molecule has 6 nitrogen and oxygen atoms in total. The molecule has 2 aliphatic heterocycles. The van der Waals surface area contributed by atoms with Gasteiger partial charge in [-0.3, -0.25) is 4.90 Å². The van der Waals surface area contributed by atoms with Gasteiger partial charge in [0.1, 0.15) is 12.1 Å². The number of hydrogen-bond acceptors (Lipinski definition) is 6. The van der Waals surface area contributed by atoms with Gasteiger partial charge in [-0.25, -0.2) is 18.4 Å². The predicted octanol–water partition coefficient (Wildman–Crippen LogP) is 0.484. The molecule has 3 rings (SSSR count). The molecule has 7 heteroatoms. The van der Waals surface area contributed by atoms with Crippen molar-refractivity contribution in [3.8, 4) is 0 Å². The van der Waals surface area contributed by atoms with Crippen molar-refractivity contribution in [2.45, 2.75) is 25.0 Å². The number of piperazine rings is 1. The first-order valence-corrected chi connectivity index (χ1v) is 9.24. The van der Waals surface area contributed by atoms with Crippen LogP contribution in [0, 0.1) is 6.92 Å². The van der Waals surface area contributed by atoms with E-state index in [1.54, 1.807) is 6.33 Å². The topological polar surface area (TPSA) is 66.4 Å². The first-order chi connectivity index (χ1) is 10.0. The van der Waals surface area contributed by atoms with Gasteiger partial charge >= 0.3 is 0 Å². The summed E-state index contributed by atoms with van der Waals surface area (Å²) in [7, 11) is -2.83. The van der Waals surface area contributed by atoms with Crippen LogP contribution < -0.4 is 4.90 Å². The predicted molar refractivity (Wildman–Crippen MR) is 82.2 cm³/mol. The third-order valence-electron chi connectivity index (χ3n) is 4.41. The van der Waals surface area contributed by atoms with Gasteiger partial charge in [0, 0.05) is 44.5 Å². The Labute approximate surface area is 126 Å². The third-order valence-corrected chi connectivity index (χ3v) is 6.67. The van der Waals surface area contributed by atoms with Crippen LogP contribution in [0.2, 0.25) is 0 Å². The smallest absolute Gasteiger partial charge is 0.154 e. The standard InChI is InChI=1S/C14H22N4O2S/c1-12-9-14(16-11-15-12)18-6-4-17(5-7-18)10-13-3-2-8-21(13,19)20/h9,11,13H,2-8,10H2,1H3. The van der Waals surface area contributed by atoms with Crippen LogP contribution in [0.5, 0.6) is 0 Å². The average molecular weight is 310 g/mol. The van der Waals surface area contributed by atoms with Gasteiger partial charge in [-0.15, -0.1) is 0 Å². The fourth-order valence-corrected chi connectivity index (χ4v) is 4.99. The van der Waals surface area contributed by atoms with Crippen molar-refractivity contribution in [3.63, 3.8) is 0 Å². The molecule has 2 saturated heterocycles. The first-order valence-electron chi connectivity index (χ1n) is 7.52. The average Bonchev–Trinajstić information content (AvgIpc) is 2.79. The van der Waals surface area contributed by atoms with E-state index in [1.807, 2.05) is 13.0 Å². The van der Waals surface area contributed by atoms with E-state index >= 15 is 0 Å². The molecule has 0 saturated carbocycles. The molecule has 0 aromatic carbocycles. The second-order valence-corrected chi connectivity index (χ2v) is 8.34. The maximum absolute atomic E-state index is 11.9. The van der Waals surface area contributed by atoms with E-state index in [0.717, 1.165) is 50.5 Å². The Morgan fingerprint density at radius 3 is 2.62 bits per heavy atom. The van der Waals surface area contributed by atoms with Crippen molar-refractivity contribution in [1.82, 2.24) is 14.9 Å². The fraction of sp³-hybridized carbons (Fsp3) is 0.714. The molecule has 1 atom stereocenters. The number of rotatable bonds is 3. The number of sulfone groups is 1. The summed E-state index contributed by atoms with van der Waals surface area (Å²) < 4.78 is 23.8. The fourth-order valence-electron chi connectivity index (χ4n) is 3.12. The van der Waals surface area contributed by atoms with Crippen LogP contribution in [-0.4, -0.2) is 67.0 Å². The van der Waals surface area contributed by atoms with Crippen LogP contribution in [0.3, 0.4) is 0 Å². The lowest BCUT2D eigenvalue weighted by atomic mass is 10.2. The van der Waals surface area contributed by atoms with Gasteiger partial charge in [0.2, 0.25) is 0 Å². The quantitative estimate of drug-likeness (QED) is 0.809. The highest BCUT2D eigenvalue weighted by molar-refractivity contribution is 7.92. The molecule has 0 bridgehead atoms. The second-order valence-electron chi connectivity index (χ2n) is 5.94. The van der Waals surface area contributed by atoms with E-state index in [4.69, 9.17) is 0 Å². The van der Waals surface area contributed by atoms with Gasteiger partial charge in [0.25, 0.3) is 0 Å². The Morgan fingerprint density at radius 1 is 1.24 bits per heavy atom. The molecule has 1 aromatic heterocycles. The highest BCUT2D eigenvalue weighted by atomic mass is 32.2. The highest BCUT2D eigenvalue weighted by Gasteiger charge is 2.33. The molecule has 0 spiro atoms. The zero-order valence-corrected chi connectivity index (χ0v) is 13.2. The lowest BCUT2D eigenvalue weighted by Gasteiger charge is -2.36. The normalized spacial score (nSPS) is 26.1. The Bertz CT molecular complexity index is 597. The number of aryl methyl sites for hydroxylation is 1. The van der Waals surface area contributed by atoms with E-state index in [0.29, 0.717) is 12.3 Å². The number of aromatic nitrogens is 2. The molecule has 2 aliphatic rings. The molecule has 0 N–H and O–H groups in total. The molecule has 0 radical (unpaired) electrons. The molecule has 0 aliphatic carbocycles. The number of nitrogens with zero attached hydrogens (tertiary/aromatic N) is 4. The molecule has 21 heavy (non-hydrogen) atoms. The van der Waals surface area contributed by atoms with Crippen molar-refractivity contribution in [3.05, 3.63) is 18.1 Å². The highest BCUT2D eigenvalue weighted by Crippen LogP contribution is 2.22. The van der Waals surface area contributed by atoms with Crippen LogP contribution in [0.15, 0.2) is 12.4 Å². The zero-order chi connectivity index (χ0) is 14.9. The molecule has 116 valence electrons. The van der Waals surface area contributed by atoms with Gasteiger partial charge in [-0.2, -0.15) is 0 Å². The van der Waals surface area contributed by atoms with E-state index in [2.05, 4.69) is 19.8 Å². The minimum Gasteiger partial charge on any atom is -0.354 e. The third kappa shape index (κ3) is 3.35. The van der Waals surface area contributed by atoms with Crippen molar-refractivity contribution < 1.29 is 8.42 Å². The van der Waals surface area contributed by atoms with Crippen LogP contribution in [0.1, 0.15) is 18.5 Å². The summed E-state index contributed by atoms with van der Waals surface area (Å²) in [5.41, 5.74) is 0.972. The molecular formula is C14H22N4O2S. The summed E-state index contributed by atoms with van der Waals surface area (Å²) in [6.07, 6.45) is 3.25. The van der Waals surface area contributed by atoms with Crippen molar-refractivity contribution in [1.29, 1.82) is 0 Å². The number of hydrogen-bond donors (Lipinski definition) is 0. The van der Waals surface area contributed by atoms with Crippen LogP contribution in [-0.2, 0) is 9.84 Å². The van der Waals surface area contributed by atoms with E-state index in [1.165, 1.54) is 0 Å². The lowest BCUT2D eigenvalue weighted by Crippen LogP contribution is -2.49. The van der Waals surface area contributed by atoms with Crippen LogP contribution in [0.4, 0.5) is 5.82 Å². The van der Waals surface area contributed by atoms with Crippen LogP contribution >= 0.6 is 0 Å². The van der Waals surface area contributed by atoms with Crippen molar-refractivity contribution >= 4 is 15.7 Å². The monoisotopic (exact) mass is 310 g/mol. The molecule has 2 fully saturated rings.